The standard InChI is InChI=1S/C12H8BrFN2O2/c1-18-12-10(15-5-6-16-12)11(17)7-3-2-4-8(14)9(7)13/h2-6H,1H3. The van der Waals surface area contributed by atoms with E-state index in [1.807, 2.05) is 0 Å². The van der Waals surface area contributed by atoms with E-state index in [4.69, 9.17) is 4.74 Å². The lowest BCUT2D eigenvalue weighted by Gasteiger charge is -2.06. The van der Waals surface area contributed by atoms with Gasteiger partial charge in [0.2, 0.25) is 11.7 Å². The molecule has 0 bridgehead atoms. The lowest BCUT2D eigenvalue weighted by molar-refractivity contribution is 0.102. The Morgan fingerprint density at radius 3 is 2.78 bits per heavy atom. The van der Waals surface area contributed by atoms with Gasteiger partial charge in [0.05, 0.1) is 11.6 Å². The van der Waals surface area contributed by atoms with Crippen LogP contribution in [0.1, 0.15) is 16.1 Å². The SMILES string of the molecule is COc1nccnc1C(=O)c1cccc(F)c1Br. The van der Waals surface area contributed by atoms with E-state index in [2.05, 4.69) is 25.9 Å². The van der Waals surface area contributed by atoms with Gasteiger partial charge in [0.25, 0.3) is 0 Å². The van der Waals surface area contributed by atoms with Crippen molar-refractivity contribution in [1.82, 2.24) is 9.97 Å². The molecular weight excluding hydrogens is 303 g/mol. The Labute approximate surface area is 111 Å². The molecule has 0 saturated heterocycles. The second-order valence-corrected chi connectivity index (χ2v) is 4.14. The summed E-state index contributed by atoms with van der Waals surface area (Å²) in [6, 6.07) is 4.22. The van der Waals surface area contributed by atoms with Crippen LogP contribution in [0.15, 0.2) is 35.1 Å². The molecule has 4 nitrogen and oxygen atoms in total. The van der Waals surface area contributed by atoms with Crippen LogP contribution in [0.3, 0.4) is 0 Å². The van der Waals surface area contributed by atoms with Crippen LogP contribution in [0.2, 0.25) is 0 Å². The molecule has 2 rings (SSSR count). The highest BCUT2D eigenvalue weighted by Crippen LogP contribution is 2.24. The highest BCUT2D eigenvalue weighted by Gasteiger charge is 2.20. The molecule has 1 aromatic heterocycles. The third kappa shape index (κ3) is 2.24. The van der Waals surface area contributed by atoms with Crippen LogP contribution in [-0.4, -0.2) is 22.9 Å². The van der Waals surface area contributed by atoms with Crippen LogP contribution in [0, 0.1) is 5.82 Å². The monoisotopic (exact) mass is 310 g/mol. The molecule has 1 heterocycles. The summed E-state index contributed by atoms with van der Waals surface area (Å²) in [4.78, 5) is 20.0. The van der Waals surface area contributed by atoms with Crippen LogP contribution in [0.4, 0.5) is 4.39 Å². The van der Waals surface area contributed by atoms with Gasteiger partial charge in [-0.2, -0.15) is 0 Å². The first-order valence-corrected chi connectivity index (χ1v) is 5.78. The second kappa shape index (κ2) is 5.22. The molecule has 0 radical (unpaired) electrons. The number of aromatic nitrogens is 2. The number of carbonyl (C=O) groups excluding carboxylic acids is 1. The van der Waals surface area contributed by atoms with Gasteiger partial charge < -0.3 is 4.74 Å². The second-order valence-electron chi connectivity index (χ2n) is 3.34. The molecule has 0 aliphatic heterocycles. The zero-order valence-electron chi connectivity index (χ0n) is 9.35. The number of hydrogen-bond donors (Lipinski definition) is 0. The largest absolute Gasteiger partial charge is 0.479 e. The van der Waals surface area contributed by atoms with E-state index in [0.29, 0.717) is 0 Å². The number of ketones is 1. The van der Waals surface area contributed by atoms with Crippen molar-refractivity contribution >= 4 is 21.7 Å². The van der Waals surface area contributed by atoms with E-state index < -0.39 is 11.6 Å². The van der Waals surface area contributed by atoms with Gasteiger partial charge in [-0.25, -0.2) is 14.4 Å². The summed E-state index contributed by atoms with van der Waals surface area (Å²) in [5, 5.41) is 0. The molecule has 0 amide bonds. The van der Waals surface area contributed by atoms with E-state index >= 15 is 0 Å². The van der Waals surface area contributed by atoms with E-state index in [1.54, 1.807) is 0 Å². The lowest BCUT2D eigenvalue weighted by Crippen LogP contribution is -2.09. The van der Waals surface area contributed by atoms with Gasteiger partial charge in [0.1, 0.15) is 5.82 Å². The molecule has 0 atom stereocenters. The first kappa shape index (κ1) is 12.6. The van der Waals surface area contributed by atoms with Gasteiger partial charge in [-0.1, -0.05) is 6.07 Å². The van der Waals surface area contributed by atoms with Crippen molar-refractivity contribution in [3.63, 3.8) is 0 Å². The first-order chi connectivity index (χ1) is 8.65. The maximum absolute atomic E-state index is 13.4. The Morgan fingerprint density at radius 1 is 1.33 bits per heavy atom. The minimum absolute atomic E-state index is 0.0475. The molecule has 0 saturated carbocycles. The summed E-state index contributed by atoms with van der Waals surface area (Å²) in [5.74, 6) is -0.853. The molecule has 2 aromatic rings. The smallest absolute Gasteiger partial charge is 0.243 e. The number of nitrogens with zero attached hydrogens (tertiary/aromatic N) is 2. The first-order valence-electron chi connectivity index (χ1n) is 4.99. The van der Waals surface area contributed by atoms with Crippen molar-refractivity contribution in [2.75, 3.05) is 7.11 Å². The normalized spacial score (nSPS) is 10.2. The van der Waals surface area contributed by atoms with Crippen molar-refractivity contribution in [3.05, 3.63) is 52.1 Å². The predicted octanol–water partition coefficient (Wildman–Crippen LogP) is 2.62. The number of methoxy groups -OCH3 is 1. The van der Waals surface area contributed by atoms with Gasteiger partial charge in [0, 0.05) is 18.0 Å². The van der Waals surface area contributed by atoms with Crippen molar-refractivity contribution in [3.8, 4) is 5.88 Å². The highest BCUT2D eigenvalue weighted by molar-refractivity contribution is 9.10. The van der Waals surface area contributed by atoms with E-state index in [-0.39, 0.29) is 21.6 Å². The number of carbonyl (C=O) groups is 1. The lowest BCUT2D eigenvalue weighted by atomic mass is 10.1. The van der Waals surface area contributed by atoms with Crippen molar-refractivity contribution in [2.24, 2.45) is 0 Å². The summed E-state index contributed by atoms with van der Waals surface area (Å²) in [6.07, 6.45) is 2.79. The Balaban J connectivity index is 2.52. The summed E-state index contributed by atoms with van der Waals surface area (Å²) in [7, 11) is 1.39. The zero-order chi connectivity index (χ0) is 13.1. The molecule has 0 fully saturated rings. The minimum atomic E-state index is -0.510. The van der Waals surface area contributed by atoms with Gasteiger partial charge >= 0.3 is 0 Å². The molecule has 0 aliphatic carbocycles. The number of rotatable bonds is 3. The predicted molar refractivity (Wildman–Crippen MR) is 66.1 cm³/mol. The van der Waals surface area contributed by atoms with E-state index in [1.165, 1.54) is 37.7 Å². The zero-order valence-corrected chi connectivity index (χ0v) is 10.9. The average Bonchev–Trinajstić information content (AvgIpc) is 2.41. The van der Waals surface area contributed by atoms with E-state index in [0.717, 1.165) is 0 Å². The van der Waals surface area contributed by atoms with Crippen LogP contribution in [0.25, 0.3) is 0 Å². The van der Waals surface area contributed by atoms with Gasteiger partial charge in [0.15, 0.2) is 5.69 Å². The molecule has 0 N–H and O–H groups in total. The summed E-state index contributed by atoms with van der Waals surface area (Å²) < 4.78 is 18.4. The number of hydrogen-bond acceptors (Lipinski definition) is 4. The van der Waals surface area contributed by atoms with Gasteiger partial charge in [-0.3, -0.25) is 4.79 Å². The maximum Gasteiger partial charge on any atom is 0.243 e. The molecule has 92 valence electrons. The molecule has 6 heteroatoms. The Morgan fingerprint density at radius 2 is 2.06 bits per heavy atom. The van der Waals surface area contributed by atoms with Crippen LogP contribution >= 0.6 is 15.9 Å². The van der Waals surface area contributed by atoms with Crippen molar-refractivity contribution < 1.29 is 13.9 Å². The number of halogens is 2. The maximum atomic E-state index is 13.4. The third-order valence-corrected chi connectivity index (χ3v) is 3.08. The highest BCUT2D eigenvalue weighted by atomic mass is 79.9. The molecule has 1 aromatic carbocycles. The minimum Gasteiger partial charge on any atom is -0.479 e. The quantitative estimate of drug-likeness (QED) is 0.818. The molecule has 0 aliphatic rings. The average molecular weight is 311 g/mol. The number of ether oxygens (including phenoxy) is 1. The van der Waals surface area contributed by atoms with Gasteiger partial charge in [-0.05, 0) is 28.1 Å². The molecule has 0 spiro atoms. The van der Waals surface area contributed by atoms with Crippen molar-refractivity contribution in [2.45, 2.75) is 0 Å². The third-order valence-electron chi connectivity index (χ3n) is 2.27. The molecule has 18 heavy (non-hydrogen) atoms. The van der Waals surface area contributed by atoms with Crippen LogP contribution in [-0.2, 0) is 0 Å². The summed E-state index contributed by atoms with van der Waals surface area (Å²) in [6.45, 7) is 0. The topological polar surface area (TPSA) is 52.1 Å². The van der Waals surface area contributed by atoms with Crippen molar-refractivity contribution in [1.29, 1.82) is 0 Å². The van der Waals surface area contributed by atoms with Gasteiger partial charge in [-0.15, -0.1) is 0 Å². The number of benzene rings is 1. The fourth-order valence-electron chi connectivity index (χ4n) is 1.44. The van der Waals surface area contributed by atoms with Crippen LogP contribution < -0.4 is 4.74 Å². The fourth-order valence-corrected chi connectivity index (χ4v) is 1.88. The Kier molecular flexibility index (Phi) is 3.66. The molecular formula is C12H8BrFN2O2. The summed E-state index contributed by atoms with van der Waals surface area (Å²) in [5.41, 5.74) is 0.222. The summed E-state index contributed by atoms with van der Waals surface area (Å²) >= 11 is 3.04. The Bertz CT molecular complexity index is 604. The van der Waals surface area contributed by atoms with E-state index in [9.17, 15) is 9.18 Å². The Hall–Kier alpha value is -1.82. The fraction of sp³-hybridized carbons (Fsp3) is 0.0833. The van der Waals surface area contributed by atoms with Crippen LogP contribution in [0.5, 0.6) is 5.88 Å². The molecule has 0 unspecified atom stereocenters.